The number of nitrogens with one attached hydrogen (secondary N) is 1. The molecule has 0 unspecified atom stereocenters. The molecule has 2 aromatic rings. The maximum Gasteiger partial charge on any atom is 0.339 e. The lowest BCUT2D eigenvalue weighted by molar-refractivity contribution is 0.0697. The van der Waals surface area contributed by atoms with E-state index in [-0.39, 0.29) is 17.3 Å². The van der Waals surface area contributed by atoms with Gasteiger partial charge in [0.15, 0.2) is 5.13 Å². The molecule has 0 spiro atoms. The summed E-state index contributed by atoms with van der Waals surface area (Å²) in [6, 6.07) is 0.925. The number of anilines is 2. The second-order valence-corrected chi connectivity index (χ2v) is 5.07. The quantitative estimate of drug-likeness (QED) is 0.899. The molecule has 0 saturated heterocycles. The van der Waals surface area contributed by atoms with Crippen molar-refractivity contribution in [3.63, 3.8) is 0 Å². The molecule has 0 bridgehead atoms. The molecule has 0 aromatic carbocycles. The zero-order valence-corrected chi connectivity index (χ0v) is 11.2. The number of carboxylic acid groups (broad SMARTS) is 1. The summed E-state index contributed by atoms with van der Waals surface area (Å²) >= 11 is 1.35. The largest absolute Gasteiger partial charge is 0.478 e. The topological polar surface area (TPSA) is 75.1 Å². The molecule has 19 heavy (non-hydrogen) atoms. The third kappa shape index (κ3) is 3.05. The van der Waals surface area contributed by atoms with Crippen molar-refractivity contribution < 1.29 is 14.3 Å². The summed E-state index contributed by atoms with van der Waals surface area (Å²) in [5.74, 6) is -1.56. The highest BCUT2D eigenvalue weighted by molar-refractivity contribution is 7.13. The Kier molecular flexibility index (Phi) is 3.75. The molecule has 0 aliphatic heterocycles. The average molecular weight is 281 g/mol. The number of rotatable bonds is 4. The van der Waals surface area contributed by atoms with Crippen LogP contribution in [0.4, 0.5) is 15.3 Å². The maximum atomic E-state index is 13.0. The first-order valence-corrected chi connectivity index (χ1v) is 6.46. The van der Waals surface area contributed by atoms with Gasteiger partial charge in [-0.3, -0.25) is 0 Å². The van der Waals surface area contributed by atoms with E-state index in [9.17, 15) is 9.18 Å². The number of carbonyl (C=O) groups is 1. The van der Waals surface area contributed by atoms with Crippen LogP contribution in [-0.4, -0.2) is 21.0 Å². The minimum absolute atomic E-state index is 0.0820. The Balaban J connectivity index is 2.29. The Hall–Kier alpha value is -2.02. The number of thiazole rings is 1. The Bertz CT molecular complexity index is 613. The van der Waals surface area contributed by atoms with Crippen LogP contribution in [0.3, 0.4) is 0 Å². The fraction of sp³-hybridized carbons (Fsp3) is 0.250. The van der Waals surface area contributed by atoms with E-state index in [1.54, 1.807) is 0 Å². The predicted molar refractivity (Wildman–Crippen MR) is 70.6 cm³/mol. The van der Waals surface area contributed by atoms with Gasteiger partial charge in [0.05, 0.1) is 11.9 Å². The van der Waals surface area contributed by atoms with E-state index >= 15 is 0 Å². The van der Waals surface area contributed by atoms with Crippen LogP contribution < -0.4 is 5.32 Å². The smallest absolute Gasteiger partial charge is 0.339 e. The number of hydrogen-bond donors (Lipinski definition) is 2. The van der Waals surface area contributed by atoms with Gasteiger partial charge in [-0.2, -0.15) is 0 Å². The second-order valence-electron chi connectivity index (χ2n) is 4.21. The zero-order chi connectivity index (χ0) is 14.0. The Morgan fingerprint density at radius 1 is 1.53 bits per heavy atom. The van der Waals surface area contributed by atoms with E-state index < -0.39 is 11.8 Å². The molecule has 0 amide bonds. The van der Waals surface area contributed by atoms with Gasteiger partial charge in [-0.1, -0.05) is 13.8 Å². The molecular weight excluding hydrogens is 269 g/mol. The molecule has 0 fully saturated rings. The Morgan fingerprint density at radius 3 is 2.84 bits per heavy atom. The maximum absolute atomic E-state index is 13.0. The minimum atomic E-state index is -1.24. The number of aromatic nitrogens is 2. The molecule has 0 aliphatic rings. The number of halogens is 1. The number of carboxylic acids is 1. The third-order valence-corrected chi connectivity index (χ3v) is 3.20. The first kappa shape index (κ1) is 13.4. The van der Waals surface area contributed by atoms with Gasteiger partial charge < -0.3 is 10.4 Å². The van der Waals surface area contributed by atoms with Crippen molar-refractivity contribution in [3.05, 3.63) is 34.7 Å². The fourth-order valence-electron chi connectivity index (χ4n) is 1.41. The van der Waals surface area contributed by atoms with E-state index in [1.807, 2.05) is 19.2 Å². The number of hydrogen-bond acceptors (Lipinski definition) is 5. The van der Waals surface area contributed by atoms with Crippen LogP contribution in [0.25, 0.3) is 0 Å². The van der Waals surface area contributed by atoms with Crippen LogP contribution >= 0.6 is 11.3 Å². The van der Waals surface area contributed by atoms with Crippen molar-refractivity contribution >= 4 is 28.3 Å². The van der Waals surface area contributed by atoms with E-state index in [4.69, 9.17) is 5.11 Å². The van der Waals surface area contributed by atoms with Crippen molar-refractivity contribution in [2.75, 3.05) is 5.32 Å². The predicted octanol–water partition coefficient (Wildman–Crippen LogP) is 3.24. The number of pyridine rings is 1. The average Bonchev–Trinajstić information content (AvgIpc) is 2.80. The van der Waals surface area contributed by atoms with Crippen molar-refractivity contribution in [1.29, 1.82) is 0 Å². The zero-order valence-electron chi connectivity index (χ0n) is 10.3. The van der Waals surface area contributed by atoms with Gasteiger partial charge in [0.1, 0.15) is 17.2 Å². The summed E-state index contributed by atoms with van der Waals surface area (Å²) in [5.41, 5.74) is 0.688. The van der Waals surface area contributed by atoms with Crippen LogP contribution in [0.15, 0.2) is 17.6 Å². The van der Waals surface area contributed by atoms with Gasteiger partial charge in [-0.05, 0) is 12.0 Å². The van der Waals surface area contributed by atoms with Gasteiger partial charge in [0.2, 0.25) is 0 Å². The number of aromatic carboxylic acids is 1. The normalized spacial score (nSPS) is 10.7. The van der Waals surface area contributed by atoms with Crippen molar-refractivity contribution in [2.45, 2.75) is 19.8 Å². The van der Waals surface area contributed by atoms with Crippen LogP contribution in [0, 0.1) is 5.82 Å². The standard InChI is InChI=1S/C12H12FN3O2S/c1-6(2)9-5-19-12(15-9)16-10-8(11(17)18)3-7(13)4-14-10/h3-6H,1-2H3,(H,17,18)(H,14,15,16). The molecule has 0 saturated carbocycles. The van der Waals surface area contributed by atoms with Gasteiger partial charge in [-0.15, -0.1) is 11.3 Å². The molecule has 2 heterocycles. The highest BCUT2D eigenvalue weighted by atomic mass is 32.1. The highest BCUT2D eigenvalue weighted by Gasteiger charge is 2.14. The molecule has 0 atom stereocenters. The first-order chi connectivity index (χ1) is 8.97. The van der Waals surface area contributed by atoms with E-state index in [1.165, 1.54) is 11.3 Å². The molecule has 2 rings (SSSR count). The molecule has 100 valence electrons. The summed E-state index contributed by atoms with van der Waals surface area (Å²) in [7, 11) is 0. The van der Waals surface area contributed by atoms with E-state index in [2.05, 4.69) is 15.3 Å². The Morgan fingerprint density at radius 2 is 2.26 bits per heavy atom. The van der Waals surface area contributed by atoms with Crippen LogP contribution in [0.1, 0.15) is 35.8 Å². The first-order valence-electron chi connectivity index (χ1n) is 5.58. The second kappa shape index (κ2) is 5.31. The van der Waals surface area contributed by atoms with Gasteiger partial charge in [0, 0.05) is 5.38 Å². The monoisotopic (exact) mass is 281 g/mol. The van der Waals surface area contributed by atoms with Crippen molar-refractivity contribution in [2.24, 2.45) is 0 Å². The summed E-state index contributed by atoms with van der Waals surface area (Å²) in [6.45, 7) is 4.02. The van der Waals surface area contributed by atoms with Gasteiger partial charge >= 0.3 is 5.97 Å². The lowest BCUT2D eigenvalue weighted by Crippen LogP contribution is -2.05. The summed E-state index contributed by atoms with van der Waals surface area (Å²) < 4.78 is 13.0. The third-order valence-electron chi connectivity index (χ3n) is 2.42. The minimum Gasteiger partial charge on any atom is -0.478 e. The highest BCUT2D eigenvalue weighted by Crippen LogP contribution is 2.25. The molecule has 7 heteroatoms. The van der Waals surface area contributed by atoms with Crippen LogP contribution in [0.2, 0.25) is 0 Å². The van der Waals surface area contributed by atoms with Gasteiger partial charge in [0.25, 0.3) is 0 Å². The summed E-state index contributed by atoms with van der Waals surface area (Å²) in [5, 5.41) is 14.2. The number of nitrogens with zero attached hydrogens (tertiary/aromatic N) is 2. The Labute approximate surface area is 113 Å². The lowest BCUT2D eigenvalue weighted by atomic mass is 10.2. The van der Waals surface area contributed by atoms with E-state index in [0.717, 1.165) is 18.0 Å². The van der Waals surface area contributed by atoms with Gasteiger partial charge in [-0.25, -0.2) is 19.2 Å². The van der Waals surface area contributed by atoms with Crippen molar-refractivity contribution in [3.8, 4) is 0 Å². The molecule has 2 aromatic heterocycles. The molecule has 5 nitrogen and oxygen atoms in total. The fourth-order valence-corrected chi connectivity index (χ4v) is 2.28. The van der Waals surface area contributed by atoms with Crippen LogP contribution in [-0.2, 0) is 0 Å². The molecule has 0 aliphatic carbocycles. The van der Waals surface area contributed by atoms with E-state index in [0.29, 0.717) is 5.13 Å². The lowest BCUT2D eigenvalue weighted by Gasteiger charge is -2.05. The SMILES string of the molecule is CC(C)c1csc(Nc2ncc(F)cc2C(=O)O)n1. The molecule has 2 N–H and O–H groups in total. The van der Waals surface area contributed by atoms with Crippen molar-refractivity contribution in [1.82, 2.24) is 9.97 Å². The summed E-state index contributed by atoms with van der Waals surface area (Å²) in [4.78, 5) is 19.1. The molecule has 0 radical (unpaired) electrons. The molecular formula is C12H12FN3O2S. The van der Waals surface area contributed by atoms with Crippen LogP contribution in [0.5, 0.6) is 0 Å². The summed E-state index contributed by atoms with van der Waals surface area (Å²) in [6.07, 6.45) is 0.964.